The van der Waals surface area contributed by atoms with E-state index in [0.717, 1.165) is 57.8 Å². The molecule has 5 heteroatoms. The molecule has 1 aliphatic rings. The normalized spacial score (nSPS) is 18.5. The van der Waals surface area contributed by atoms with Crippen LogP contribution in [-0.2, 0) is 0 Å². The molecule has 2 aromatic rings. The lowest BCUT2D eigenvalue weighted by atomic mass is 9.77. The Morgan fingerprint density at radius 3 is 2.19 bits per heavy atom. The average molecular weight is 449 g/mol. The van der Waals surface area contributed by atoms with Crippen LogP contribution in [0.15, 0.2) is 36.9 Å². The van der Waals surface area contributed by atoms with Gasteiger partial charge in [0, 0.05) is 11.1 Å². The lowest BCUT2D eigenvalue weighted by molar-refractivity contribution is 0.286. The summed E-state index contributed by atoms with van der Waals surface area (Å²) < 4.78 is 64.3. The van der Waals surface area contributed by atoms with Crippen LogP contribution in [0.1, 0.15) is 76.2 Å². The Labute approximate surface area is 188 Å². The molecule has 1 aliphatic carbocycles. The van der Waals surface area contributed by atoms with E-state index in [1.807, 2.05) is 13.0 Å². The Morgan fingerprint density at radius 2 is 1.53 bits per heavy atom. The van der Waals surface area contributed by atoms with Gasteiger partial charge in [0.15, 0.2) is 23.2 Å². The van der Waals surface area contributed by atoms with Gasteiger partial charge in [-0.2, -0.15) is 4.39 Å². The zero-order chi connectivity index (χ0) is 23.1. The number of hydrogen-bond acceptors (Lipinski definition) is 1. The van der Waals surface area contributed by atoms with E-state index in [0.29, 0.717) is 11.5 Å². The Balaban J connectivity index is 1.76. The number of halogens is 4. The summed E-state index contributed by atoms with van der Waals surface area (Å²) in [6.45, 7) is 6.06. The van der Waals surface area contributed by atoms with Crippen molar-refractivity contribution < 1.29 is 22.3 Å². The van der Waals surface area contributed by atoms with E-state index in [9.17, 15) is 17.6 Å². The third-order valence-electron chi connectivity index (χ3n) is 6.52. The van der Waals surface area contributed by atoms with E-state index in [1.54, 1.807) is 0 Å². The Morgan fingerprint density at radius 1 is 0.875 bits per heavy atom. The van der Waals surface area contributed by atoms with Crippen LogP contribution in [0.4, 0.5) is 17.6 Å². The van der Waals surface area contributed by atoms with Crippen molar-refractivity contribution in [1.29, 1.82) is 0 Å². The molecule has 174 valence electrons. The molecule has 0 unspecified atom stereocenters. The highest BCUT2D eigenvalue weighted by molar-refractivity contribution is 5.66. The molecule has 32 heavy (non-hydrogen) atoms. The zero-order valence-corrected chi connectivity index (χ0v) is 18.7. The first-order valence-corrected chi connectivity index (χ1v) is 11.7. The minimum absolute atomic E-state index is 0.0565. The van der Waals surface area contributed by atoms with Gasteiger partial charge in [-0.3, -0.25) is 0 Å². The van der Waals surface area contributed by atoms with Gasteiger partial charge in [-0.25, -0.2) is 13.2 Å². The van der Waals surface area contributed by atoms with Crippen LogP contribution >= 0.6 is 0 Å². The van der Waals surface area contributed by atoms with Crippen LogP contribution in [0.5, 0.6) is 5.75 Å². The zero-order valence-electron chi connectivity index (χ0n) is 18.7. The highest BCUT2D eigenvalue weighted by atomic mass is 19.2. The summed E-state index contributed by atoms with van der Waals surface area (Å²) in [5, 5.41) is 0. The first-order chi connectivity index (χ1) is 15.5. The standard InChI is InChI=1S/C27H32F4O/c1-3-5-7-17-32-23-16-15-22(26(30)27(23)31)21-14-13-20(24(28)25(21)29)19-11-9-18(10-12-19)8-6-4-2/h4,13-16,18-19H,2-3,5-12,17H2,1H3. The van der Waals surface area contributed by atoms with E-state index >= 15 is 0 Å². The highest BCUT2D eigenvalue weighted by Crippen LogP contribution is 2.41. The molecule has 1 saturated carbocycles. The molecule has 2 aromatic carbocycles. The molecular formula is C27H32F4O. The molecular weight excluding hydrogens is 416 g/mol. The van der Waals surface area contributed by atoms with Crippen molar-refractivity contribution >= 4 is 0 Å². The molecule has 0 amide bonds. The smallest absolute Gasteiger partial charge is 0.201 e. The second-order valence-corrected chi connectivity index (χ2v) is 8.71. The first-order valence-electron chi connectivity index (χ1n) is 11.7. The Hall–Kier alpha value is -2.30. The third-order valence-corrected chi connectivity index (χ3v) is 6.52. The van der Waals surface area contributed by atoms with Crippen LogP contribution < -0.4 is 4.74 Å². The van der Waals surface area contributed by atoms with Crippen molar-refractivity contribution in [3.05, 3.63) is 65.8 Å². The fraction of sp³-hybridized carbons (Fsp3) is 0.481. The van der Waals surface area contributed by atoms with E-state index in [4.69, 9.17) is 4.74 Å². The molecule has 0 radical (unpaired) electrons. The molecule has 0 heterocycles. The molecule has 0 bridgehead atoms. The summed E-state index contributed by atoms with van der Waals surface area (Å²) in [4.78, 5) is 0. The summed E-state index contributed by atoms with van der Waals surface area (Å²) in [7, 11) is 0. The monoisotopic (exact) mass is 448 g/mol. The van der Waals surface area contributed by atoms with Crippen molar-refractivity contribution in [3.8, 4) is 16.9 Å². The predicted octanol–water partition coefficient (Wildman–Crippen LogP) is 8.72. The predicted molar refractivity (Wildman–Crippen MR) is 121 cm³/mol. The third kappa shape index (κ3) is 5.54. The van der Waals surface area contributed by atoms with Crippen molar-refractivity contribution in [2.24, 2.45) is 5.92 Å². The van der Waals surface area contributed by atoms with Gasteiger partial charge in [0.1, 0.15) is 0 Å². The van der Waals surface area contributed by atoms with Crippen LogP contribution in [0.25, 0.3) is 11.1 Å². The van der Waals surface area contributed by atoms with Crippen molar-refractivity contribution in [3.63, 3.8) is 0 Å². The molecule has 0 spiro atoms. The minimum atomic E-state index is -1.23. The largest absolute Gasteiger partial charge is 0.490 e. The van der Waals surface area contributed by atoms with Crippen LogP contribution in [0.3, 0.4) is 0 Å². The molecule has 0 saturated heterocycles. The number of unbranched alkanes of at least 4 members (excludes halogenated alkanes) is 2. The second-order valence-electron chi connectivity index (χ2n) is 8.71. The van der Waals surface area contributed by atoms with Gasteiger partial charge >= 0.3 is 0 Å². The van der Waals surface area contributed by atoms with E-state index in [-0.39, 0.29) is 29.4 Å². The maximum atomic E-state index is 15.0. The van der Waals surface area contributed by atoms with E-state index < -0.39 is 23.3 Å². The van der Waals surface area contributed by atoms with Gasteiger partial charge in [-0.1, -0.05) is 38.0 Å². The van der Waals surface area contributed by atoms with Gasteiger partial charge in [-0.05, 0) is 74.5 Å². The van der Waals surface area contributed by atoms with Gasteiger partial charge in [0.2, 0.25) is 5.82 Å². The number of benzene rings is 2. The molecule has 0 N–H and O–H groups in total. The molecule has 1 fully saturated rings. The van der Waals surface area contributed by atoms with E-state index in [2.05, 4.69) is 6.58 Å². The topological polar surface area (TPSA) is 9.23 Å². The number of rotatable bonds is 10. The fourth-order valence-corrected chi connectivity index (χ4v) is 4.59. The first kappa shape index (κ1) is 24.3. The van der Waals surface area contributed by atoms with Gasteiger partial charge in [-0.15, -0.1) is 6.58 Å². The molecule has 3 rings (SSSR count). The van der Waals surface area contributed by atoms with Gasteiger partial charge in [0.25, 0.3) is 0 Å². The van der Waals surface area contributed by atoms with Crippen molar-refractivity contribution in [2.75, 3.05) is 6.61 Å². The SMILES string of the molecule is C=CCCC1CCC(c2ccc(-c3ccc(OCCCCC)c(F)c3F)c(F)c2F)CC1. The summed E-state index contributed by atoms with van der Waals surface area (Å²) in [5.41, 5.74) is -0.260. The summed E-state index contributed by atoms with van der Waals surface area (Å²) >= 11 is 0. The summed E-state index contributed by atoms with van der Waals surface area (Å²) in [5.74, 6) is -4.18. The second kappa shape index (κ2) is 11.5. The van der Waals surface area contributed by atoms with Crippen LogP contribution in [-0.4, -0.2) is 6.61 Å². The fourth-order valence-electron chi connectivity index (χ4n) is 4.59. The quantitative estimate of drug-likeness (QED) is 0.201. The number of hydrogen-bond donors (Lipinski definition) is 0. The van der Waals surface area contributed by atoms with Gasteiger partial charge in [0.05, 0.1) is 6.61 Å². The van der Waals surface area contributed by atoms with Crippen LogP contribution in [0.2, 0.25) is 0 Å². The molecule has 0 atom stereocenters. The highest BCUT2D eigenvalue weighted by Gasteiger charge is 2.27. The molecule has 0 aliphatic heterocycles. The Kier molecular flexibility index (Phi) is 8.77. The summed E-state index contributed by atoms with van der Waals surface area (Å²) in [6.07, 6.45) is 10.1. The Bertz CT molecular complexity index is 916. The average Bonchev–Trinajstić information content (AvgIpc) is 2.81. The van der Waals surface area contributed by atoms with Crippen molar-refractivity contribution in [1.82, 2.24) is 0 Å². The molecule has 1 nitrogen and oxygen atoms in total. The summed E-state index contributed by atoms with van der Waals surface area (Å²) in [6, 6.07) is 5.40. The van der Waals surface area contributed by atoms with Gasteiger partial charge < -0.3 is 4.74 Å². The lowest BCUT2D eigenvalue weighted by Gasteiger charge is -2.29. The molecule has 0 aromatic heterocycles. The number of ether oxygens (including phenoxy) is 1. The maximum Gasteiger partial charge on any atom is 0.201 e. The van der Waals surface area contributed by atoms with E-state index in [1.165, 1.54) is 24.3 Å². The number of allylic oxidation sites excluding steroid dienone is 1. The van der Waals surface area contributed by atoms with Crippen LogP contribution in [0, 0.1) is 29.2 Å². The minimum Gasteiger partial charge on any atom is -0.490 e. The maximum absolute atomic E-state index is 15.0. The van der Waals surface area contributed by atoms with Crippen molar-refractivity contribution in [2.45, 2.75) is 70.6 Å². The lowest BCUT2D eigenvalue weighted by Crippen LogP contribution is -2.15.